The smallest absolute Gasteiger partial charge is 0.289 e. The van der Waals surface area contributed by atoms with Crippen LogP contribution in [0.1, 0.15) is 21.8 Å². The lowest BCUT2D eigenvalue weighted by Crippen LogP contribution is -2.37. The molecule has 2 aliphatic heterocycles. The van der Waals surface area contributed by atoms with Gasteiger partial charge in [0.05, 0.1) is 38.4 Å². The number of carbonyl (C=O) groups excluding carboxylic acids is 1. The Morgan fingerprint density at radius 1 is 1.44 bits per heavy atom. The average Bonchev–Trinajstić information content (AvgIpc) is 3.29. The van der Waals surface area contributed by atoms with Gasteiger partial charge in [-0.15, -0.1) is 0 Å². The zero-order valence-corrected chi connectivity index (χ0v) is 14.3. The lowest BCUT2D eigenvalue weighted by Gasteiger charge is -2.26. The summed E-state index contributed by atoms with van der Waals surface area (Å²) < 4.78 is 17.0. The molecule has 4 rings (SSSR count). The largest absolute Gasteiger partial charge is 0.459 e. The fourth-order valence-corrected chi connectivity index (χ4v) is 3.77. The minimum absolute atomic E-state index is 0.0407. The molecule has 132 valence electrons. The van der Waals surface area contributed by atoms with E-state index in [4.69, 9.17) is 13.9 Å². The quantitative estimate of drug-likeness (QED) is 0.834. The highest BCUT2D eigenvalue weighted by atomic mass is 16.5. The number of aromatic nitrogens is 1. The maximum atomic E-state index is 12.7. The Bertz CT molecular complexity index is 745. The van der Waals surface area contributed by atoms with Gasteiger partial charge in [-0.05, 0) is 25.1 Å². The topological polar surface area (TPSA) is 64.8 Å². The first-order chi connectivity index (χ1) is 12.2. The lowest BCUT2D eigenvalue weighted by molar-refractivity contribution is 0.0172. The third kappa shape index (κ3) is 3.07. The first-order valence-electron chi connectivity index (χ1n) is 8.57. The van der Waals surface area contributed by atoms with Crippen molar-refractivity contribution >= 4 is 5.91 Å². The number of furan rings is 1. The van der Waals surface area contributed by atoms with E-state index in [2.05, 4.69) is 4.98 Å². The number of pyridine rings is 1. The van der Waals surface area contributed by atoms with Crippen LogP contribution in [0.2, 0.25) is 0 Å². The third-order valence-electron chi connectivity index (χ3n) is 5.23. The van der Waals surface area contributed by atoms with Crippen LogP contribution in [-0.2, 0) is 16.1 Å². The molecule has 0 aromatic carbocycles. The number of likely N-dealkylation sites (tertiary alicyclic amines) is 1. The third-order valence-corrected chi connectivity index (χ3v) is 5.23. The van der Waals surface area contributed by atoms with Gasteiger partial charge in [-0.3, -0.25) is 9.78 Å². The number of nitrogens with zero attached hydrogens (tertiary/aromatic N) is 2. The summed E-state index contributed by atoms with van der Waals surface area (Å²) in [6.07, 6.45) is 3.33. The maximum Gasteiger partial charge on any atom is 0.289 e. The first-order valence-corrected chi connectivity index (χ1v) is 8.57. The van der Waals surface area contributed by atoms with E-state index < -0.39 is 0 Å². The van der Waals surface area contributed by atoms with Crippen molar-refractivity contribution in [1.82, 2.24) is 9.88 Å². The number of fused-ring (bicyclic) bond motifs is 1. The van der Waals surface area contributed by atoms with Crippen molar-refractivity contribution in [2.75, 3.05) is 32.9 Å². The summed E-state index contributed by atoms with van der Waals surface area (Å²) >= 11 is 0. The van der Waals surface area contributed by atoms with Gasteiger partial charge in [-0.1, -0.05) is 6.07 Å². The molecule has 2 atom stereocenters. The molecule has 0 bridgehead atoms. The molecule has 6 heteroatoms. The molecule has 2 fully saturated rings. The number of aryl methyl sites for hydroxylation is 1. The van der Waals surface area contributed by atoms with E-state index in [1.807, 2.05) is 36.1 Å². The standard InChI is InChI=1S/C19H22N2O4/c1-14-5-7-25-17(14)18(22)21-8-15-9-23-12-19(15,11-21)13-24-10-16-4-2-3-6-20-16/h2-7,15H,8-13H2,1H3/t15-,19+/m1/s1. The van der Waals surface area contributed by atoms with Crippen LogP contribution in [0, 0.1) is 18.3 Å². The highest BCUT2D eigenvalue weighted by molar-refractivity contribution is 5.93. The normalized spacial score (nSPS) is 25.3. The second-order valence-electron chi connectivity index (χ2n) is 7.01. The highest BCUT2D eigenvalue weighted by Gasteiger charge is 2.52. The SMILES string of the molecule is Cc1ccoc1C(=O)N1C[C@@H]2COC[C@]2(COCc2ccccn2)C1. The second kappa shape index (κ2) is 6.61. The molecule has 0 unspecified atom stereocenters. The Balaban J connectivity index is 1.42. The van der Waals surface area contributed by atoms with Crippen molar-refractivity contribution in [3.05, 3.63) is 53.7 Å². The van der Waals surface area contributed by atoms with Crippen LogP contribution >= 0.6 is 0 Å². The molecule has 0 saturated carbocycles. The summed E-state index contributed by atoms with van der Waals surface area (Å²) in [6.45, 7) is 5.55. The molecule has 1 amide bonds. The molecule has 2 aromatic rings. The fourth-order valence-electron chi connectivity index (χ4n) is 3.77. The van der Waals surface area contributed by atoms with Gasteiger partial charge in [0.25, 0.3) is 5.91 Å². The van der Waals surface area contributed by atoms with Crippen molar-refractivity contribution in [3.8, 4) is 0 Å². The van der Waals surface area contributed by atoms with Crippen molar-refractivity contribution < 1.29 is 18.7 Å². The number of hydrogen-bond donors (Lipinski definition) is 0. The molecule has 0 radical (unpaired) electrons. The Kier molecular flexibility index (Phi) is 4.31. The Hall–Kier alpha value is -2.18. The van der Waals surface area contributed by atoms with Crippen LogP contribution in [0.5, 0.6) is 0 Å². The molecular formula is C19H22N2O4. The van der Waals surface area contributed by atoms with E-state index in [1.165, 1.54) is 0 Å². The summed E-state index contributed by atoms with van der Waals surface area (Å²) in [7, 11) is 0. The Morgan fingerprint density at radius 3 is 3.12 bits per heavy atom. The Morgan fingerprint density at radius 2 is 2.36 bits per heavy atom. The number of rotatable bonds is 5. The van der Waals surface area contributed by atoms with Gasteiger partial charge in [0, 0.05) is 36.2 Å². The zero-order valence-electron chi connectivity index (χ0n) is 14.3. The van der Waals surface area contributed by atoms with E-state index in [1.54, 1.807) is 12.5 Å². The number of hydrogen-bond acceptors (Lipinski definition) is 5. The van der Waals surface area contributed by atoms with Gasteiger partial charge in [0.1, 0.15) is 0 Å². The van der Waals surface area contributed by atoms with E-state index in [0.717, 1.165) is 11.3 Å². The van der Waals surface area contributed by atoms with Gasteiger partial charge in [-0.2, -0.15) is 0 Å². The van der Waals surface area contributed by atoms with E-state index in [9.17, 15) is 4.79 Å². The lowest BCUT2D eigenvalue weighted by atomic mass is 9.82. The van der Waals surface area contributed by atoms with Crippen molar-refractivity contribution in [2.45, 2.75) is 13.5 Å². The van der Waals surface area contributed by atoms with Gasteiger partial charge in [0.2, 0.25) is 0 Å². The molecule has 25 heavy (non-hydrogen) atoms. The number of carbonyl (C=O) groups is 1. The van der Waals surface area contributed by atoms with Crippen LogP contribution in [0.4, 0.5) is 0 Å². The van der Waals surface area contributed by atoms with Crippen LogP contribution in [0.15, 0.2) is 41.1 Å². The molecule has 4 heterocycles. The van der Waals surface area contributed by atoms with E-state index in [0.29, 0.717) is 51.2 Å². The molecule has 0 spiro atoms. The molecule has 6 nitrogen and oxygen atoms in total. The van der Waals surface area contributed by atoms with E-state index >= 15 is 0 Å². The first kappa shape index (κ1) is 16.3. The van der Waals surface area contributed by atoms with Crippen LogP contribution in [0.25, 0.3) is 0 Å². The van der Waals surface area contributed by atoms with Gasteiger partial charge >= 0.3 is 0 Å². The van der Waals surface area contributed by atoms with Crippen LogP contribution < -0.4 is 0 Å². The molecule has 0 aliphatic carbocycles. The van der Waals surface area contributed by atoms with Gasteiger partial charge < -0.3 is 18.8 Å². The van der Waals surface area contributed by atoms with Gasteiger partial charge in [0.15, 0.2) is 5.76 Å². The van der Waals surface area contributed by atoms with Crippen LogP contribution in [0.3, 0.4) is 0 Å². The van der Waals surface area contributed by atoms with Crippen molar-refractivity contribution in [1.29, 1.82) is 0 Å². The molecule has 2 aromatic heterocycles. The monoisotopic (exact) mass is 342 g/mol. The number of ether oxygens (including phenoxy) is 2. The van der Waals surface area contributed by atoms with E-state index in [-0.39, 0.29) is 11.3 Å². The van der Waals surface area contributed by atoms with Crippen LogP contribution in [-0.4, -0.2) is 48.7 Å². The molecule has 2 saturated heterocycles. The fraction of sp³-hybridized carbons (Fsp3) is 0.474. The van der Waals surface area contributed by atoms with Crippen molar-refractivity contribution in [2.24, 2.45) is 11.3 Å². The summed E-state index contributed by atoms with van der Waals surface area (Å²) in [5, 5.41) is 0. The maximum absolute atomic E-state index is 12.7. The summed E-state index contributed by atoms with van der Waals surface area (Å²) in [6, 6.07) is 7.61. The minimum Gasteiger partial charge on any atom is -0.459 e. The summed E-state index contributed by atoms with van der Waals surface area (Å²) in [5.74, 6) is 0.696. The predicted octanol–water partition coefficient (Wildman–Crippen LogP) is 2.29. The molecular weight excluding hydrogens is 320 g/mol. The second-order valence-corrected chi connectivity index (χ2v) is 7.01. The number of amides is 1. The van der Waals surface area contributed by atoms with Crippen molar-refractivity contribution in [3.63, 3.8) is 0 Å². The van der Waals surface area contributed by atoms with Gasteiger partial charge in [-0.25, -0.2) is 0 Å². The zero-order chi connectivity index (χ0) is 17.3. The summed E-state index contributed by atoms with van der Waals surface area (Å²) in [4.78, 5) is 18.9. The minimum atomic E-state index is -0.134. The highest BCUT2D eigenvalue weighted by Crippen LogP contribution is 2.42. The molecule has 0 N–H and O–H groups in total. The average molecular weight is 342 g/mol. The molecule has 2 aliphatic rings. The summed E-state index contributed by atoms with van der Waals surface area (Å²) in [5.41, 5.74) is 1.65. The Labute approximate surface area is 146 Å². The predicted molar refractivity (Wildman–Crippen MR) is 90.0 cm³/mol.